The van der Waals surface area contributed by atoms with Crippen LogP contribution in [0.2, 0.25) is 18.1 Å². The molecule has 1 aliphatic rings. The Hall–Kier alpha value is -1.50. The lowest BCUT2D eigenvalue weighted by molar-refractivity contribution is -0.0820. The summed E-state index contributed by atoms with van der Waals surface area (Å²) in [5.41, 5.74) is 2.30. The van der Waals surface area contributed by atoms with Crippen molar-refractivity contribution < 1.29 is 18.6 Å². The van der Waals surface area contributed by atoms with E-state index in [-0.39, 0.29) is 29.5 Å². The van der Waals surface area contributed by atoms with Crippen LogP contribution >= 0.6 is 0 Å². The summed E-state index contributed by atoms with van der Waals surface area (Å²) >= 11 is 0. The van der Waals surface area contributed by atoms with Crippen molar-refractivity contribution in [3.05, 3.63) is 71.8 Å². The van der Waals surface area contributed by atoms with E-state index in [1.807, 2.05) is 36.4 Å². The summed E-state index contributed by atoms with van der Waals surface area (Å²) in [6.45, 7) is 15.0. The molecular weight excluding hydrogens is 404 g/mol. The first kappa shape index (κ1) is 24.1. The van der Waals surface area contributed by atoms with Crippen molar-refractivity contribution >= 4 is 8.32 Å². The molecule has 0 saturated carbocycles. The van der Waals surface area contributed by atoms with Crippen LogP contribution in [0.4, 0.5) is 0 Å². The fourth-order valence-electron chi connectivity index (χ4n) is 3.52. The van der Waals surface area contributed by atoms with E-state index in [0.717, 1.165) is 11.1 Å². The zero-order chi connectivity index (χ0) is 22.5. The van der Waals surface area contributed by atoms with Gasteiger partial charge >= 0.3 is 0 Å². The first-order chi connectivity index (χ1) is 14.7. The maximum absolute atomic E-state index is 6.50. The van der Waals surface area contributed by atoms with Crippen LogP contribution < -0.4 is 0 Å². The minimum absolute atomic E-state index is 0.0579. The lowest BCUT2D eigenvalue weighted by atomic mass is 10.1. The zero-order valence-electron chi connectivity index (χ0n) is 19.8. The smallest absolute Gasteiger partial charge is 0.192 e. The van der Waals surface area contributed by atoms with Crippen LogP contribution in [0.25, 0.3) is 0 Å². The molecule has 2 aromatic rings. The molecule has 170 valence electrons. The van der Waals surface area contributed by atoms with Crippen LogP contribution in [0, 0.1) is 0 Å². The molecule has 0 aromatic heterocycles. The van der Waals surface area contributed by atoms with Gasteiger partial charge in [-0.25, -0.2) is 0 Å². The van der Waals surface area contributed by atoms with Gasteiger partial charge in [-0.1, -0.05) is 81.4 Å². The standard InChI is InChI=1S/C26H38O4Si/c1-20-24(27-17-21-13-9-7-10-14-21)25(28-18-22-15-11-8-12-16-22)23(30-20)19-29-31(5,6)26(2,3)4/h7-16,20,23-25H,17-19H2,1-6H3/t20-,23+,24+,25+/m0/s1. The summed E-state index contributed by atoms with van der Waals surface area (Å²) < 4.78 is 25.6. The highest BCUT2D eigenvalue weighted by Gasteiger charge is 2.46. The quantitative estimate of drug-likeness (QED) is 0.449. The average Bonchev–Trinajstić information content (AvgIpc) is 3.04. The van der Waals surface area contributed by atoms with Crippen molar-refractivity contribution in [1.82, 2.24) is 0 Å². The summed E-state index contributed by atoms with van der Waals surface area (Å²) in [5, 5.41) is 0.154. The van der Waals surface area contributed by atoms with Gasteiger partial charge < -0.3 is 18.6 Å². The molecular formula is C26H38O4Si. The van der Waals surface area contributed by atoms with Crippen molar-refractivity contribution in [1.29, 1.82) is 0 Å². The van der Waals surface area contributed by atoms with Gasteiger partial charge in [0.05, 0.1) is 25.9 Å². The van der Waals surface area contributed by atoms with Crippen LogP contribution in [0.5, 0.6) is 0 Å². The van der Waals surface area contributed by atoms with E-state index >= 15 is 0 Å². The van der Waals surface area contributed by atoms with Crippen LogP contribution in [0.1, 0.15) is 38.8 Å². The highest BCUT2D eigenvalue weighted by Crippen LogP contribution is 2.37. The van der Waals surface area contributed by atoms with Gasteiger partial charge in [0.1, 0.15) is 18.3 Å². The number of hydrogen-bond acceptors (Lipinski definition) is 4. The number of benzene rings is 2. The summed E-state index contributed by atoms with van der Waals surface area (Å²) in [5.74, 6) is 0. The Kier molecular flexibility index (Phi) is 8.11. The second-order valence-corrected chi connectivity index (χ2v) is 14.8. The number of ether oxygens (including phenoxy) is 3. The predicted molar refractivity (Wildman–Crippen MR) is 128 cm³/mol. The zero-order valence-corrected chi connectivity index (χ0v) is 20.8. The van der Waals surface area contributed by atoms with Crippen molar-refractivity contribution in [3.8, 4) is 0 Å². The average molecular weight is 443 g/mol. The molecule has 1 saturated heterocycles. The molecule has 5 heteroatoms. The third-order valence-electron chi connectivity index (χ3n) is 6.53. The highest BCUT2D eigenvalue weighted by molar-refractivity contribution is 6.74. The van der Waals surface area contributed by atoms with Gasteiger partial charge in [0.15, 0.2) is 8.32 Å². The molecule has 4 nitrogen and oxygen atoms in total. The summed E-state index contributed by atoms with van der Waals surface area (Å²) in [7, 11) is -1.88. The molecule has 0 amide bonds. The Bertz CT molecular complexity index is 788. The van der Waals surface area contributed by atoms with Crippen LogP contribution in [0.3, 0.4) is 0 Å². The van der Waals surface area contributed by atoms with Crippen LogP contribution in [-0.2, 0) is 31.9 Å². The number of rotatable bonds is 9. The van der Waals surface area contributed by atoms with Crippen molar-refractivity contribution in [2.45, 2.75) is 83.5 Å². The monoisotopic (exact) mass is 442 g/mol. The summed E-state index contributed by atoms with van der Waals surface area (Å²) in [6.07, 6.45) is -0.522. The van der Waals surface area contributed by atoms with Gasteiger partial charge in [-0.05, 0) is 36.2 Å². The molecule has 31 heavy (non-hydrogen) atoms. The molecule has 0 unspecified atom stereocenters. The molecule has 1 heterocycles. The van der Waals surface area contributed by atoms with Crippen molar-refractivity contribution in [2.24, 2.45) is 0 Å². The predicted octanol–water partition coefficient (Wildman–Crippen LogP) is 5.97. The first-order valence-corrected chi connectivity index (χ1v) is 14.2. The van der Waals surface area contributed by atoms with E-state index in [1.54, 1.807) is 0 Å². The van der Waals surface area contributed by atoms with Crippen molar-refractivity contribution in [2.75, 3.05) is 6.61 Å². The Morgan fingerprint density at radius 1 is 0.806 bits per heavy atom. The molecule has 0 aliphatic carbocycles. The van der Waals surface area contributed by atoms with E-state index in [1.165, 1.54) is 0 Å². The normalized spacial score (nSPS) is 24.5. The van der Waals surface area contributed by atoms with Gasteiger partial charge in [0.25, 0.3) is 0 Å². The van der Waals surface area contributed by atoms with Gasteiger partial charge in [-0.15, -0.1) is 0 Å². The molecule has 4 atom stereocenters. The Morgan fingerprint density at radius 2 is 1.29 bits per heavy atom. The lowest BCUT2D eigenvalue weighted by Crippen LogP contribution is -2.45. The Labute approximate surface area is 189 Å². The molecule has 0 bridgehead atoms. The summed E-state index contributed by atoms with van der Waals surface area (Å²) in [6, 6.07) is 20.5. The Balaban J connectivity index is 1.70. The molecule has 1 fully saturated rings. The minimum Gasteiger partial charge on any atom is -0.414 e. The van der Waals surface area contributed by atoms with E-state index in [9.17, 15) is 0 Å². The Morgan fingerprint density at radius 3 is 1.77 bits per heavy atom. The van der Waals surface area contributed by atoms with Gasteiger partial charge in [-0.2, -0.15) is 0 Å². The van der Waals surface area contributed by atoms with Gasteiger partial charge in [-0.3, -0.25) is 0 Å². The second-order valence-electron chi connectivity index (χ2n) is 9.97. The SMILES string of the molecule is C[C@@H]1O[C@H](CO[Si](C)(C)C(C)(C)C)[C@@H](OCc2ccccc2)[C@@H]1OCc1ccccc1. The molecule has 3 rings (SSSR count). The maximum Gasteiger partial charge on any atom is 0.192 e. The summed E-state index contributed by atoms with van der Waals surface area (Å²) in [4.78, 5) is 0. The first-order valence-electron chi connectivity index (χ1n) is 11.3. The maximum atomic E-state index is 6.50. The molecule has 0 radical (unpaired) electrons. The van der Waals surface area contributed by atoms with Gasteiger partial charge in [0, 0.05) is 0 Å². The fraction of sp³-hybridized carbons (Fsp3) is 0.538. The molecule has 0 spiro atoms. The van der Waals surface area contributed by atoms with E-state index in [0.29, 0.717) is 19.8 Å². The van der Waals surface area contributed by atoms with Crippen LogP contribution in [-0.4, -0.2) is 39.3 Å². The molecule has 1 aliphatic heterocycles. The fourth-order valence-corrected chi connectivity index (χ4v) is 4.53. The topological polar surface area (TPSA) is 36.9 Å². The highest BCUT2D eigenvalue weighted by atomic mass is 28.4. The van der Waals surface area contributed by atoms with E-state index < -0.39 is 8.32 Å². The van der Waals surface area contributed by atoms with E-state index in [4.69, 9.17) is 18.6 Å². The van der Waals surface area contributed by atoms with Crippen LogP contribution in [0.15, 0.2) is 60.7 Å². The molecule has 2 aromatic carbocycles. The largest absolute Gasteiger partial charge is 0.414 e. The molecule has 0 N–H and O–H groups in total. The lowest BCUT2D eigenvalue weighted by Gasteiger charge is -2.37. The number of hydrogen-bond donors (Lipinski definition) is 0. The van der Waals surface area contributed by atoms with Crippen molar-refractivity contribution in [3.63, 3.8) is 0 Å². The van der Waals surface area contributed by atoms with E-state index in [2.05, 4.69) is 65.1 Å². The minimum atomic E-state index is -1.88. The second kappa shape index (κ2) is 10.4. The third-order valence-corrected chi connectivity index (χ3v) is 11.0. The van der Waals surface area contributed by atoms with Gasteiger partial charge in [0.2, 0.25) is 0 Å². The third kappa shape index (κ3) is 6.50.